The highest BCUT2D eigenvalue weighted by atomic mass is 16.6. The predicted molar refractivity (Wildman–Crippen MR) is 362 cm³/mol. The van der Waals surface area contributed by atoms with E-state index in [1.165, 1.54) is 205 Å². The minimum Gasteiger partial charge on any atom is -0.462 e. The molecule has 83 heavy (non-hydrogen) atoms. The van der Waals surface area contributed by atoms with E-state index in [2.05, 4.69) is 118 Å². The molecule has 1 unspecified atom stereocenters. The largest absolute Gasteiger partial charge is 0.462 e. The summed E-state index contributed by atoms with van der Waals surface area (Å²) in [6.45, 7) is 6.54. The molecule has 0 bridgehead atoms. The Kier molecular flexibility index (Phi) is 67.7. The van der Waals surface area contributed by atoms with E-state index in [9.17, 15) is 14.4 Å². The molecule has 0 spiro atoms. The first-order valence-electron chi connectivity index (χ1n) is 35.7. The number of hydrogen-bond donors (Lipinski definition) is 0. The molecule has 0 aliphatic carbocycles. The van der Waals surface area contributed by atoms with Gasteiger partial charge in [0.2, 0.25) is 0 Å². The maximum Gasteiger partial charge on any atom is 0.306 e. The zero-order chi connectivity index (χ0) is 59.9. The fourth-order valence-electron chi connectivity index (χ4n) is 10.2. The van der Waals surface area contributed by atoms with Crippen molar-refractivity contribution in [1.29, 1.82) is 0 Å². The lowest BCUT2D eigenvalue weighted by Gasteiger charge is -2.18. The number of ether oxygens (including phenoxy) is 3. The molecule has 1 atom stereocenters. The number of allylic oxidation sites excluding steroid dienone is 16. The van der Waals surface area contributed by atoms with Gasteiger partial charge in [-0.1, -0.05) is 330 Å². The van der Waals surface area contributed by atoms with Gasteiger partial charge in [-0.15, -0.1) is 0 Å². The summed E-state index contributed by atoms with van der Waals surface area (Å²) >= 11 is 0. The van der Waals surface area contributed by atoms with Crippen LogP contribution < -0.4 is 0 Å². The van der Waals surface area contributed by atoms with Crippen LogP contribution in [0.15, 0.2) is 97.2 Å². The molecule has 478 valence electrons. The second kappa shape index (κ2) is 70.8. The van der Waals surface area contributed by atoms with Crippen molar-refractivity contribution in [1.82, 2.24) is 0 Å². The number of unbranched alkanes of at least 4 members (excludes halogenated alkanes) is 38. The van der Waals surface area contributed by atoms with E-state index in [0.29, 0.717) is 19.3 Å². The van der Waals surface area contributed by atoms with E-state index in [-0.39, 0.29) is 31.1 Å². The average Bonchev–Trinajstić information content (AvgIpc) is 3.49. The maximum absolute atomic E-state index is 12.9. The summed E-state index contributed by atoms with van der Waals surface area (Å²) < 4.78 is 17.0. The SMILES string of the molecule is CC/C=C\C/C=C\C/C=C\C/C=C\C/C=C\C/C=C\C/C=C\CCCCCCCCCCCCCCCC(=O)OCC(COC(=O)CCCCCCC/C=C\CCCCC)OC(=O)CCCCCCCCCCCCCCCCCCCC. The molecule has 0 heterocycles. The summed E-state index contributed by atoms with van der Waals surface area (Å²) in [5, 5.41) is 0. The molecule has 0 aliphatic rings. The van der Waals surface area contributed by atoms with Crippen LogP contribution in [-0.2, 0) is 28.6 Å². The smallest absolute Gasteiger partial charge is 0.306 e. The van der Waals surface area contributed by atoms with Crippen LogP contribution in [-0.4, -0.2) is 37.2 Å². The van der Waals surface area contributed by atoms with E-state index in [1.807, 2.05) is 0 Å². The van der Waals surface area contributed by atoms with Crippen LogP contribution in [0.3, 0.4) is 0 Å². The predicted octanol–water partition coefficient (Wildman–Crippen LogP) is 24.8. The van der Waals surface area contributed by atoms with Crippen molar-refractivity contribution < 1.29 is 28.6 Å². The Morgan fingerprint density at radius 2 is 0.470 bits per heavy atom. The third-order valence-corrected chi connectivity index (χ3v) is 15.6. The van der Waals surface area contributed by atoms with Gasteiger partial charge in [0.1, 0.15) is 13.2 Å². The van der Waals surface area contributed by atoms with Crippen molar-refractivity contribution >= 4 is 17.9 Å². The zero-order valence-corrected chi connectivity index (χ0v) is 54.9. The van der Waals surface area contributed by atoms with Crippen molar-refractivity contribution in [2.75, 3.05) is 13.2 Å². The number of carbonyl (C=O) groups is 3. The fourth-order valence-corrected chi connectivity index (χ4v) is 10.2. The van der Waals surface area contributed by atoms with Crippen LogP contribution in [0.4, 0.5) is 0 Å². The van der Waals surface area contributed by atoms with Crippen LogP contribution in [0, 0.1) is 0 Å². The van der Waals surface area contributed by atoms with Crippen molar-refractivity contribution in [3.8, 4) is 0 Å². The molecular formula is C77H134O6. The molecule has 0 aromatic carbocycles. The van der Waals surface area contributed by atoms with Gasteiger partial charge in [-0.25, -0.2) is 0 Å². The van der Waals surface area contributed by atoms with Crippen molar-refractivity contribution in [3.63, 3.8) is 0 Å². The summed E-state index contributed by atoms with van der Waals surface area (Å²) in [6.07, 6.45) is 95.8. The van der Waals surface area contributed by atoms with E-state index < -0.39 is 6.10 Å². The van der Waals surface area contributed by atoms with Crippen molar-refractivity contribution in [2.24, 2.45) is 0 Å². The standard InChI is InChI=1S/C77H134O6/c1-4-7-10-13-16-19-22-25-27-29-31-32-33-34-35-36-37-38-39-40-41-42-43-44-45-46-47-49-50-52-55-58-61-64-67-70-76(79)82-73-74(72-81-75(78)69-66-63-60-57-54-24-21-18-15-12-9-6-3)83-77(80)71-68-65-62-59-56-53-51-48-30-28-26-23-20-17-14-11-8-5-2/h7,10,16,18-19,21,25,27,31-32,34-35,37-38,40-41,74H,4-6,8-9,11-15,17,20,22-24,26,28-30,33,36,39,42-73H2,1-3H3/b10-7-,19-16-,21-18-,27-25-,32-31-,35-34-,38-37-,41-40-. The fraction of sp³-hybridized carbons (Fsp3) is 0.753. The number of esters is 3. The van der Waals surface area contributed by atoms with E-state index >= 15 is 0 Å². The quantitative estimate of drug-likeness (QED) is 0.0261. The van der Waals surface area contributed by atoms with Gasteiger partial charge in [0.05, 0.1) is 0 Å². The first kappa shape index (κ1) is 79.3. The van der Waals surface area contributed by atoms with Crippen LogP contribution in [0.2, 0.25) is 0 Å². The Morgan fingerprint density at radius 3 is 0.771 bits per heavy atom. The molecule has 0 amide bonds. The van der Waals surface area contributed by atoms with Gasteiger partial charge in [0, 0.05) is 19.3 Å². The molecule has 6 nitrogen and oxygen atoms in total. The van der Waals surface area contributed by atoms with Gasteiger partial charge in [0.25, 0.3) is 0 Å². The molecule has 0 aromatic heterocycles. The van der Waals surface area contributed by atoms with Crippen LogP contribution >= 0.6 is 0 Å². The Labute approximate surface area is 515 Å². The molecule has 0 saturated heterocycles. The summed E-state index contributed by atoms with van der Waals surface area (Å²) in [7, 11) is 0. The molecule has 0 N–H and O–H groups in total. The highest BCUT2D eigenvalue weighted by Gasteiger charge is 2.19. The average molecular weight is 1160 g/mol. The Hall–Kier alpha value is -3.67. The van der Waals surface area contributed by atoms with E-state index in [4.69, 9.17) is 14.2 Å². The number of rotatable bonds is 65. The summed E-state index contributed by atoms with van der Waals surface area (Å²) in [5.41, 5.74) is 0. The summed E-state index contributed by atoms with van der Waals surface area (Å²) in [6, 6.07) is 0. The first-order chi connectivity index (χ1) is 41.0. The van der Waals surface area contributed by atoms with Crippen molar-refractivity contribution in [2.45, 2.75) is 361 Å². The van der Waals surface area contributed by atoms with Gasteiger partial charge in [-0.2, -0.15) is 0 Å². The normalized spacial score (nSPS) is 12.7. The van der Waals surface area contributed by atoms with Crippen LogP contribution in [0.25, 0.3) is 0 Å². The Morgan fingerprint density at radius 1 is 0.253 bits per heavy atom. The second-order valence-corrected chi connectivity index (χ2v) is 23.8. The second-order valence-electron chi connectivity index (χ2n) is 23.8. The molecule has 0 rings (SSSR count). The lowest BCUT2D eigenvalue weighted by molar-refractivity contribution is -0.167. The lowest BCUT2D eigenvalue weighted by Crippen LogP contribution is -2.30. The molecule has 0 aliphatic heterocycles. The van der Waals surface area contributed by atoms with Gasteiger partial charge in [-0.3, -0.25) is 14.4 Å². The number of carbonyl (C=O) groups excluding carboxylic acids is 3. The number of hydrogen-bond acceptors (Lipinski definition) is 6. The first-order valence-corrected chi connectivity index (χ1v) is 35.7. The molecule has 6 heteroatoms. The molecule has 0 radical (unpaired) electrons. The lowest BCUT2D eigenvalue weighted by atomic mass is 10.0. The van der Waals surface area contributed by atoms with Gasteiger partial charge in [0.15, 0.2) is 6.10 Å². The minimum atomic E-state index is -0.779. The topological polar surface area (TPSA) is 78.9 Å². The van der Waals surface area contributed by atoms with Crippen LogP contribution in [0.1, 0.15) is 355 Å². The zero-order valence-electron chi connectivity index (χ0n) is 54.9. The van der Waals surface area contributed by atoms with Gasteiger partial charge >= 0.3 is 17.9 Å². The van der Waals surface area contributed by atoms with Gasteiger partial charge in [-0.05, 0) is 103 Å². The molecular weight excluding hydrogens is 1020 g/mol. The third kappa shape index (κ3) is 69.0. The third-order valence-electron chi connectivity index (χ3n) is 15.6. The molecule has 0 saturated carbocycles. The van der Waals surface area contributed by atoms with Crippen LogP contribution in [0.5, 0.6) is 0 Å². The highest BCUT2D eigenvalue weighted by Crippen LogP contribution is 2.18. The molecule has 0 fully saturated rings. The highest BCUT2D eigenvalue weighted by molar-refractivity contribution is 5.71. The van der Waals surface area contributed by atoms with E-state index in [0.717, 1.165) is 109 Å². The molecule has 0 aromatic rings. The van der Waals surface area contributed by atoms with Crippen molar-refractivity contribution in [3.05, 3.63) is 97.2 Å². The minimum absolute atomic E-state index is 0.0757. The Bertz CT molecular complexity index is 1610. The summed E-state index contributed by atoms with van der Waals surface area (Å²) in [5.74, 6) is -0.867. The maximum atomic E-state index is 12.9. The van der Waals surface area contributed by atoms with Gasteiger partial charge < -0.3 is 14.2 Å². The van der Waals surface area contributed by atoms with E-state index in [1.54, 1.807) is 0 Å². The monoisotopic (exact) mass is 1160 g/mol. The Balaban J connectivity index is 4.17. The summed E-state index contributed by atoms with van der Waals surface area (Å²) in [4.78, 5) is 38.4.